The molecule has 0 bridgehead atoms. The third kappa shape index (κ3) is 8.06. The number of hydrogen-bond acceptors (Lipinski definition) is 4. The average Bonchev–Trinajstić information content (AvgIpc) is 3.18. The second-order valence-corrected chi connectivity index (χ2v) is 6.38. The molecule has 1 heterocycles. The van der Waals surface area contributed by atoms with Crippen LogP contribution in [0.15, 0.2) is 35.3 Å². The van der Waals surface area contributed by atoms with Gasteiger partial charge in [-0.15, -0.1) is 0 Å². The minimum atomic E-state index is 0.298. The van der Waals surface area contributed by atoms with Crippen molar-refractivity contribution in [3.63, 3.8) is 0 Å². The van der Waals surface area contributed by atoms with E-state index in [4.69, 9.17) is 14.2 Å². The molecule has 1 saturated heterocycles. The Kier molecular flexibility index (Phi) is 9.90. The van der Waals surface area contributed by atoms with Crippen LogP contribution in [0.5, 0.6) is 5.75 Å². The molecule has 0 saturated carbocycles. The van der Waals surface area contributed by atoms with Gasteiger partial charge < -0.3 is 24.4 Å². The normalized spacial score (nSPS) is 17.3. The summed E-state index contributed by atoms with van der Waals surface area (Å²) in [4.78, 5) is 6.77. The smallest absolute Gasteiger partial charge is 0.193 e. The fourth-order valence-electron chi connectivity index (χ4n) is 2.73. The Labute approximate surface area is 157 Å². The molecule has 6 heteroatoms. The van der Waals surface area contributed by atoms with Crippen LogP contribution in [0.4, 0.5) is 0 Å². The monoisotopic (exact) mass is 363 g/mol. The minimum Gasteiger partial charge on any atom is -0.492 e. The van der Waals surface area contributed by atoms with E-state index in [0.29, 0.717) is 19.3 Å². The Morgan fingerprint density at radius 2 is 2.15 bits per heavy atom. The third-order valence-electron chi connectivity index (χ3n) is 4.17. The number of aliphatic imine (C=N–C) groups is 1. The molecule has 6 nitrogen and oxygen atoms in total. The Hall–Kier alpha value is -1.79. The number of guanidine groups is 1. The molecule has 0 aliphatic carbocycles. The van der Waals surface area contributed by atoms with Gasteiger partial charge in [-0.05, 0) is 38.3 Å². The lowest BCUT2D eigenvalue weighted by Crippen LogP contribution is -2.41. The second-order valence-electron chi connectivity index (χ2n) is 6.38. The lowest BCUT2D eigenvalue weighted by Gasteiger charge is -2.22. The maximum Gasteiger partial charge on any atom is 0.193 e. The highest BCUT2D eigenvalue weighted by Crippen LogP contribution is 2.12. The first-order valence-corrected chi connectivity index (χ1v) is 9.66. The van der Waals surface area contributed by atoms with Crippen molar-refractivity contribution in [2.45, 2.75) is 32.3 Å². The molecule has 1 aromatic rings. The molecule has 1 unspecified atom stereocenters. The van der Waals surface area contributed by atoms with Crippen molar-refractivity contribution in [2.24, 2.45) is 4.99 Å². The molecule has 26 heavy (non-hydrogen) atoms. The van der Waals surface area contributed by atoms with Gasteiger partial charge in [-0.2, -0.15) is 0 Å². The second kappa shape index (κ2) is 12.5. The molecule has 1 aromatic carbocycles. The third-order valence-corrected chi connectivity index (χ3v) is 4.17. The fraction of sp³-hybridized carbons (Fsp3) is 0.650. The van der Waals surface area contributed by atoms with E-state index in [-0.39, 0.29) is 0 Å². The summed E-state index contributed by atoms with van der Waals surface area (Å²) >= 11 is 0. The Bertz CT molecular complexity index is 504. The summed E-state index contributed by atoms with van der Waals surface area (Å²) in [6.45, 7) is 7.38. The molecule has 146 valence electrons. The van der Waals surface area contributed by atoms with Gasteiger partial charge in [-0.1, -0.05) is 18.2 Å². The van der Waals surface area contributed by atoms with E-state index in [9.17, 15) is 0 Å². The van der Waals surface area contributed by atoms with Crippen molar-refractivity contribution in [1.82, 2.24) is 10.2 Å². The first kappa shape index (κ1) is 20.5. The van der Waals surface area contributed by atoms with E-state index in [2.05, 4.69) is 22.1 Å². The zero-order chi connectivity index (χ0) is 18.5. The molecule has 1 aliphatic rings. The van der Waals surface area contributed by atoms with E-state index in [1.165, 1.54) is 0 Å². The number of ether oxygens (including phenoxy) is 3. The van der Waals surface area contributed by atoms with E-state index < -0.39 is 0 Å². The van der Waals surface area contributed by atoms with Gasteiger partial charge in [0.25, 0.3) is 0 Å². The SMILES string of the molecule is CCNC(=NCCCOCC1CCCO1)N(C)CCOc1ccccc1. The summed E-state index contributed by atoms with van der Waals surface area (Å²) in [5.41, 5.74) is 0. The Morgan fingerprint density at radius 3 is 2.88 bits per heavy atom. The Morgan fingerprint density at radius 1 is 1.31 bits per heavy atom. The average molecular weight is 364 g/mol. The predicted octanol–water partition coefficient (Wildman–Crippen LogP) is 2.55. The lowest BCUT2D eigenvalue weighted by atomic mass is 10.2. The summed E-state index contributed by atoms with van der Waals surface area (Å²) in [7, 11) is 2.03. The van der Waals surface area contributed by atoms with Crippen molar-refractivity contribution in [1.29, 1.82) is 0 Å². The minimum absolute atomic E-state index is 0.298. The van der Waals surface area contributed by atoms with Gasteiger partial charge >= 0.3 is 0 Å². The van der Waals surface area contributed by atoms with E-state index in [1.54, 1.807) is 0 Å². The Balaban J connectivity index is 1.62. The van der Waals surface area contributed by atoms with Gasteiger partial charge in [-0.25, -0.2) is 0 Å². The lowest BCUT2D eigenvalue weighted by molar-refractivity contribution is 0.0170. The van der Waals surface area contributed by atoms with Crippen LogP contribution in [-0.2, 0) is 9.47 Å². The molecule has 1 atom stereocenters. The molecule has 1 aliphatic heterocycles. The van der Waals surface area contributed by atoms with Crippen LogP contribution in [-0.4, -0.2) is 70.1 Å². The van der Waals surface area contributed by atoms with Gasteiger partial charge in [-0.3, -0.25) is 4.99 Å². The summed E-state index contributed by atoms with van der Waals surface area (Å²) in [5, 5.41) is 3.33. The maximum absolute atomic E-state index is 5.75. The van der Waals surface area contributed by atoms with Gasteiger partial charge in [0.05, 0.1) is 19.3 Å². The molecule has 1 fully saturated rings. The van der Waals surface area contributed by atoms with Gasteiger partial charge in [0.15, 0.2) is 5.96 Å². The molecule has 0 spiro atoms. The van der Waals surface area contributed by atoms with Crippen LogP contribution in [0.2, 0.25) is 0 Å². The van der Waals surface area contributed by atoms with Crippen molar-refractivity contribution in [2.75, 3.05) is 53.1 Å². The molecular weight excluding hydrogens is 330 g/mol. The quantitative estimate of drug-likeness (QED) is 0.372. The van der Waals surface area contributed by atoms with Crippen LogP contribution in [0.3, 0.4) is 0 Å². The van der Waals surface area contributed by atoms with Crippen molar-refractivity contribution in [3.8, 4) is 5.75 Å². The summed E-state index contributed by atoms with van der Waals surface area (Å²) in [6, 6.07) is 9.88. The summed E-state index contributed by atoms with van der Waals surface area (Å²) in [5.74, 6) is 1.80. The topological polar surface area (TPSA) is 55.3 Å². The zero-order valence-corrected chi connectivity index (χ0v) is 16.2. The molecule has 2 rings (SSSR count). The van der Waals surface area contributed by atoms with Crippen LogP contribution in [0.1, 0.15) is 26.2 Å². The highest BCUT2D eigenvalue weighted by molar-refractivity contribution is 5.79. The molecule has 0 aromatic heterocycles. The zero-order valence-electron chi connectivity index (χ0n) is 16.2. The van der Waals surface area contributed by atoms with E-state index in [0.717, 1.165) is 63.8 Å². The number of nitrogens with one attached hydrogen (secondary N) is 1. The van der Waals surface area contributed by atoms with Crippen molar-refractivity contribution in [3.05, 3.63) is 30.3 Å². The van der Waals surface area contributed by atoms with Crippen LogP contribution in [0.25, 0.3) is 0 Å². The number of hydrogen-bond donors (Lipinski definition) is 1. The number of benzene rings is 1. The number of nitrogens with zero attached hydrogens (tertiary/aromatic N) is 2. The largest absolute Gasteiger partial charge is 0.492 e. The van der Waals surface area contributed by atoms with Gasteiger partial charge in [0.2, 0.25) is 0 Å². The summed E-state index contributed by atoms with van der Waals surface area (Å²) in [6.07, 6.45) is 3.49. The maximum atomic E-state index is 5.75. The highest BCUT2D eigenvalue weighted by atomic mass is 16.5. The number of para-hydroxylation sites is 1. The standard InChI is InChI=1S/C20H33N3O3/c1-3-21-20(22-12-8-14-24-17-19-11-7-15-25-19)23(2)13-16-26-18-9-5-4-6-10-18/h4-6,9-10,19H,3,7-8,11-17H2,1-2H3,(H,21,22). The fourth-order valence-corrected chi connectivity index (χ4v) is 2.73. The first-order chi connectivity index (χ1) is 12.8. The van der Waals surface area contributed by atoms with Crippen molar-refractivity contribution >= 4 is 5.96 Å². The van der Waals surface area contributed by atoms with Gasteiger partial charge in [0, 0.05) is 33.4 Å². The number of likely N-dealkylation sites (N-methyl/N-ethyl adjacent to an activating group) is 1. The van der Waals surface area contributed by atoms with Crippen LogP contribution < -0.4 is 10.1 Å². The first-order valence-electron chi connectivity index (χ1n) is 9.66. The molecular formula is C20H33N3O3. The van der Waals surface area contributed by atoms with E-state index in [1.807, 2.05) is 37.4 Å². The van der Waals surface area contributed by atoms with Gasteiger partial charge in [0.1, 0.15) is 12.4 Å². The number of rotatable bonds is 11. The summed E-state index contributed by atoms with van der Waals surface area (Å²) < 4.78 is 17.0. The van der Waals surface area contributed by atoms with Crippen LogP contribution >= 0.6 is 0 Å². The highest BCUT2D eigenvalue weighted by Gasteiger charge is 2.14. The molecule has 0 amide bonds. The molecule has 1 N–H and O–H groups in total. The van der Waals surface area contributed by atoms with E-state index >= 15 is 0 Å². The van der Waals surface area contributed by atoms with Crippen LogP contribution in [0, 0.1) is 0 Å². The molecule has 0 radical (unpaired) electrons. The predicted molar refractivity (Wildman–Crippen MR) is 105 cm³/mol. The van der Waals surface area contributed by atoms with Crippen molar-refractivity contribution < 1.29 is 14.2 Å².